The summed E-state index contributed by atoms with van der Waals surface area (Å²) in [4.78, 5) is 20.1. The minimum absolute atomic E-state index is 0.0264. The molecule has 2 aromatic carbocycles. The van der Waals surface area contributed by atoms with Crippen molar-refractivity contribution in [3.05, 3.63) is 93.2 Å². The van der Waals surface area contributed by atoms with Crippen LogP contribution in [0.5, 0.6) is 0 Å². The van der Waals surface area contributed by atoms with Gasteiger partial charge in [0.1, 0.15) is 5.82 Å². The zero-order valence-corrected chi connectivity index (χ0v) is 17.6. The lowest BCUT2D eigenvalue weighted by atomic mass is 10.1. The molecule has 1 aliphatic heterocycles. The predicted molar refractivity (Wildman–Crippen MR) is 124 cm³/mol. The molecule has 0 unspecified atom stereocenters. The highest BCUT2D eigenvalue weighted by atomic mass is 19.1. The van der Waals surface area contributed by atoms with Gasteiger partial charge in [0, 0.05) is 25.3 Å². The Labute approximate surface area is 186 Å². The van der Waals surface area contributed by atoms with E-state index in [1.54, 1.807) is 47.2 Å². The van der Waals surface area contributed by atoms with Crippen LogP contribution in [-0.4, -0.2) is 28.7 Å². The SMILES string of the molecule is N#Cc1ccccc1Cn1c(N2CCC[C@@H](N)C2)ncc(C=Cc2ccc(F)cc2)c1=O. The Morgan fingerprint density at radius 3 is 2.72 bits per heavy atom. The molecule has 2 N–H and O–H groups in total. The van der Waals surface area contributed by atoms with Crippen LogP contribution in [0.3, 0.4) is 0 Å². The van der Waals surface area contributed by atoms with E-state index < -0.39 is 0 Å². The molecule has 0 spiro atoms. The Kier molecular flexibility index (Phi) is 6.43. The second-order valence-electron chi connectivity index (χ2n) is 7.91. The standard InChI is InChI=1S/C25H24FN5O/c26-22-11-8-18(9-12-22)7-10-20-15-29-25(30-13-3-6-23(28)17-30)31(24(20)32)16-21-5-2-1-4-19(21)14-27/h1-2,4-5,7-12,15,23H,3,6,13,16-17,28H2/t23-/m1/s1. The molecule has 4 rings (SSSR count). The number of rotatable bonds is 5. The second-order valence-corrected chi connectivity index (χ2v) is 7.91. The van der Waals surface area contributed by atoms with E-state index >= 15 is 0 Å². The molecule has 32 heavy (non-hydrogen) atoms. The molecule has 1 fully saturated rings. The molecule has 2 heterocycles. The summed E-state index contributed by atoms with van der Waals surface area (Å²) >= 11 is 0. The first kappa shape index (κ1) is 21.5. The van der Waals surface area contributed by atoms with Crippen LogP contribution in [0.4, 0.5) is 10.3 Å². The van der Waals surface area contributed by atoms with Crippen LogP contribution < -0.4 is 16.2 Å². The topological polar surface area (TPSA) is 87.9 Å². The molecule has 1 aromatic heterocycles. The number of nitrogens with zero attached hydrogens (tertiary/aromatic N) is 4. The molecule has 6 nitrogen and oxygen atoms in total. The van der Waals surface area contributed by atoms with Gasteiger partial charge in [-0.15, -0.1) is 0 Å². The fraction of sp³-hybridized carbons (Fsp3) is 0.240. The van der Waals surface area contributed by atoms with Gasteiger partial charge in [-0.25, -0.2) is 9.37 Å². The van der Waals surface area contributed by atoms with E-state index in [9.17, 15) is 14.4 Å². The molecule has 0 bridgehead atoms. The maximum Gasteiger partial charge on any atom is 0.262 e. The molecule has 0 saturated carbocycles. The van der Waals surface area contributed by atoms with E-state index in [4.69, 9.17) is 5.73 Å². The fourth-order valence-electron chi connectivity index (χ4n) is 3.90. The van der Waals surface area contributed by atoms with E-state index in [1.807, 2.05) is 17.0 Å². The van der Waals surface area contributed by atoms with Crippen molar-refractivity contribution in [1.82, 2.24) is 9.55 Å². The number of nitrogens with two attached hydrogens (primary N) is 1. The Hall–Kier alpha value is -3.76. The lowest BCUT2D eigenvalue weighted by Gasteiger charge is -2.33. The normalized spacial score (nSPS) is 16.3. The van der Waals surface area contributed by atoms with Crippen molar-refractivity contribution in [2.24, 2.45) is 5.73 Å². The van der Waals surface area contributed by atoms with Crippen LogP contribution in [-0.2, 0) is 6.54 Å². The number of benzene rings is 2. The highest BCUT2D eigenvalue weighted by molar-refractivity contribution is 5.69. The number of nitriles is 1. The second kappa shape index (κ2) is 9.58. The van der Waals surface area contributed by atoms with Crippen molar-refractivity contribution >= 4 is 18.1 Å². The Balaban J connectivity index is 1.75. The third kappa shape index (κ3) is 4.76. The zero-order chi connectivity index (χ0) is 22.5. The van der Waals surface area contributed by atoms with Crippen LogP contribution in [0.25, 0.3) is 12.2 Å². The number of halogens is 1. The van der Waals surface area contributed by atoms with Gasteiger partial charge in [-0.05, 0) is 48.2 Å². The quantitative estimate of drug-likeness (QED) is 0.672. The largest absolute Gasteiger partial charge is 0.341 e. The average Bonchev–Trinajstić information content (AvgIpc) is 2.81. The van der Waals surface area contributed by atoms with Crippen molar-refractivity contribution in [1.29, 1.82) is 5.26 Å². The Morgan fingerprint density at radius 2 is 1.97 bits per heavy atom. The lowest BCUT2D eigenvalue weighted by molar-refractivity contribution is 0.490. The van der Waals surface area contributed by atoms with Crippen molar-refractivity contribution < 1.29 is 4.39 Å². The van der Waals surface area contributed by atoms with Crippen LogP contribution >= 0.6 is 0 Å². The van der Waals surface area contributed by atoms with Gasteiger partial charge in [-0.2, -0.15) is 5.26 Å². The zero-order valence-electron chi connectivity index (χ0n) is 17.6. The van der Waals surface area contributed by atoms with Crippen molar-refractivity contribution in [2.75, 3.05) is 18.0 Å². The number of hydrogen-bond acceptors (Lipinski definition) is 5. The van der Waals surface area contributed by atoms with Crippen LogP contribution in [0.1, 0.15) is 35.1 Å². The summed E-state index contributed by atoms with van der Waals surface area (Å²) in [7, 11) is 0. The highest BCUT2D eigenvalue weighted by Gasteiger charge is 2.22. The van der Waals surface area contributed by atoms with Gasteiger partial charge < -0.3 is 10.6 Å². The molecule has 0 aliphatic carbocycles. The van der Waals surface area contributed by atoms with E-state index in [0.717, 1.165) is 30.5 Å². The van der Waals surface area contributed by atoms with E-state index in [1.165, 1.54) is 12.1 Å². The average molecular weight is 429 g/mol. The smallest absolute Gasteiger partial charge is 0.262 e. The molecule has 1 atom stereocenters. The summed E-state index contributed by atoms with van der Waals surface area (Å²) < 4.78 is 14.8. The summed E-state index contributed by atoms with van der Waals surface area (Å²) in [6.07, 6.45) is 6.86. The van der Waals surface area contributed by atoms with Crippen LogP contribution in [0, 0.1) is 17.1 Å². The van der Waals surface area contributed by atoms with Crippen molar-refractivity contribution in [3.8, 4) is 6.07 Å². The first-order chi connectivity index (χ1) is 15.5. The molecule has 0 amide bonds. The molecule has 7 heteroatoms. The van der Waals surface area contributed by atoms with Crippen LogP contribution in [0.2, 0.25) is 0 Å². The van der Waals surface area contributed by atoms with Gasteiger partial charge in [0.2, 0.25) is 5.95 Å². The van der Waals surface area contributed by atoms with Crippen molar-refractivity contribution in [3.63, 3.8) is 0 Å². The van der Waals surface area contributed by atoms with Crippen molar-refractivity contribution in [2.45, 2.75) is 25.4 Å². The fourth-order valence-corrected chi connectivity index (χ4v) is 3.90. The summed E-state index contributed by atoms with van der Waals surface area (Å²) in [5.41, 5.74) is 8.41. The molecule has 0 radical (unpaired) electrons. The summed E-state index contributed by atoms with van der Waals surface area (Å²) in [5.74, 6) is 0.239. The summed E-state index contributed by atoms with van der Waals surface area (Å²) in [6.45, 7) is 1.62. The summed E-state index contributed by atoms with van der Waals surface area (Å²) in [6, 6.07) is 15.5. The number of anilines is 1. The molecular formula is C25H24FN5O. The lowest BCUT2D eigenvalue weighted by Crippen LogP contribution is -2.45. The predicted octanol–water partition coefficient (Wildman–Crippen LogP) is 3.40. The molecular weight excluding hydrogens is 405 g/mol. The van der Waals surface area contributed by atoms with Gasteiger partial charge in [0.15, 0.2) is 0 Å². The monoisotopic (exact) mass is 429 g/mol. The number of aromatic nitrogens is 2. The maximum atomic E-state index is 13.5. The molecule has 162 valence electrons. The third-order valence-electron chi connectivity index (χ3n) is 5.58. The number of piperidine rings is 1. The van der Waals surface area contributed by atoms with Gasteiger partial charge in [0.05, 0.1) is 23.7 Å². The van der Waals surface area contributed by atoms with Gasteiger partial charge in [-0.1, -0.05) is 36.4 Å². The molecule has 1 saturated heterocycles. The molecule has 3 aromatic rings. The Morgan fingerprint density at radius 1 is 1.19 bits per heavy atom. The van der Waals surface area contributed by atoms with Gasteiger partial charge >= 0.3 is 0 Å². The van der Waals surface area contributed by atoms with E-state index in [-0.39, 0.29) is 24.0 Å². The molecule has 1 aliphatic rings. The summed E-state index contributed by atoms with van der Waals surface area (Å²) in [5, 5.41) is 9.49. The van der Waals surface area contributed by atoms with E-state index in [0.29, 0.717) is 23.6 Å². The number of hydrogen-bond donors (Lipinski definition) is 1. The first-order valence-corrected chi connectivity index (χ1v) is 10.6. The van der Waals surface area contributed by atoms with E-state index in [2.05, 4.69) is 11.1 Å². The minimum atomic E-state index is -0.313. The third-order valence-corrected chi connectivity index (χ3v) is 5.58. The Bertz CT molecular complexity index is 1230. The van der Waals surface area contributed by atoms with Gasteiger partial charge in [-0.3, -0.25) is 9.36 Å². The highest BCUT2D eigenvalue weighted by Crippen LogP contribution is 2.19. The van der Waals surface area contributed by atoms with Gasteiger partial charge in [0.25, 0.3) is 5.56 Å². The first-order valence-electron chi connectivity index (χ1n) is 10.6. The minimum Gasteiger partial charge on any atom is -0.341 e. The van der Waals surface area contributed by atoms with Crippen LogP contribution in [0.15, 0.2) is 59.5 Å². The maximum absolute atomic E-state index is 13.5.